The van der Waals surface area contributed by atoms with Crippen molar-refractivity contribution < 1.29 is 14.3 Å². The van der Waals surface area contributed by atoms with Crippen LogP contribution in [0.15, 0.2) is 54.7 Å². The Morgan fingerprint density at radius 3 is 2.83 bits per heavy atom. The first-order valence-corrected chi connectivity index (χ1v) is 7.82. The van der Waals surface area contributed by atoms with Gasteiger partial charge in [-0.1, -0.05) is 12.1 Å². The van der Waals surface area contributed by atoms with Crippen LogP contribution < -0.4 is 14.8 Å². The summed E-state index contributed by atoms with van der Waals surface area (Å²) in [6.45, 7) is 1.09. The maximum atomic E-state index is 12.4. The van der Waals surface area contributed by atoms with Crippen LogP contribution in [-0.2, 0) is 11.2 Å². The van der Waals surface area contributed by atoms with Gasteiger partial charge in [0.05, 0.1) is 17.6 Å². The second-order valence-corrected chi connectivity index (χ2v) is 5.58. The van der Waals surface area contributed by atoms with Crippen molar-refractivity contribution in [1.82, 2.24) is 4.98 Å². The van der Waals surface area contributed by atoms with E-state index in [1.54, 1.807) is 6.20 Å². The Morgan fingerprint density at radius 1 is 1.04 bits per heavy atom. The van der Waals surface area contributed by atoms with Gasteiger partial charge >= 0.3 is 0 Å². The van der Waals surface area contributed by atoms with Crippen LogP contribution in [0.3, 0.4) is 0 Å². The van der Waals surface area contributed by atoms with Crippen molar-refractivity contribution in [2.24, 2.45) is 0 Å². The lowest BCUT2D eigenvalue weighted by Gasteiger charge is -2.18. The van der Waals surface area contributed by atoms with Crippen LogP contribution in [0.25, 0.3) is 10.9 Å². The minimum atomic E-state index is -0.0805. The number of aromatic nitrogens is 1. The molecule has 1 amide bonds. The van der Waals surface area contributed by atoms with Crippen molar-refractivity contribution >= 4 is 22.5 Å². The maximum absolute atomic E-state index is 12.4. The van der Waals surface area contributed by atoms with E-state index in [1.165, 1.54) is 0 Å². The molecule has 4 rings (SSSR count). The van der Waals surface area contributed by atoms with Crippen molar-refractivity contribution in [2.45, 2.75) is 6.42 Å². The zero-order chi connectivity index (χ0) is 16.4. The molecule has 2 heterocycles. The van der Waals surface area contributed by atoms with Crippen LogP contribution in [0, 0.1) is 0 Å². The molecule has 0 spiro atoms. The summed E-state index contributed by atoms with van der Waals surface area (Å²) in [6, 6.07) is 15.1. The number of nitrogens with zero attached hydrogens (tertiary/aromatic N) is 1. The quantitative estimate of drug-likeness (QED) is 0.805. The van der Waals surface area contributed by atoms with Gasteiger partial charge in [0.15, 0.2) is 11.5 Å². The van der Waals surface area contributed by atoms with Gasteiger partial charge in [-0.3, -0.25) is 9.78 Å². The number of anilines is 1. The van der Waals surface area contributed by atoms with E-state index in [9.17, 15) is 4.79 Å². The van der Waals surface area contributed by atoms with Crippen molar-refractivity contribution in [1.29, 1.82) is 0 Å². The molecule has 24 heavy (non-hydrogen) atoms. The Morgan fingerprint density at radius 2 is 1.92 bits per heavy atom. The first-order chi connectivity index (χ1) is 11.8. The fraction of sp³-hybridized carbons (Fsp3) is 0.158. The fourth-order valence-corrected chi connectivity index (χ4v) is 2.79. The summed E-state index contributed by atoms with van der Waals surface area (Å²) in [5.41, 5.74) is 2.51. The predicted molar refractivity (Wildman–Crippen MR) is 91.5 cm³/mol. The molecule has 5 heteroatoms. The average Bonchev–Trinajstić information content (AvgIpc) is 2.62. The van der Waals surface area contributed by atoms with E-state index in [1.807, 2.05) is 48.5 Å². The number of fused-ring (bicyclic) bond motifs is 2. The highest BCUT2D eigenvalue weighted by molar-refractivity contribution is 6.01. The van der Waals surface area contributed by atoms with Gasteiger partial charge in [0.2, 0.25) is 5.91 Å². The lowest BCUT2D eigenvalue weighted by Crippen LogP contribution is -2.17. The summed E-state index contributed by atoms with van der Waals surface area (Å²) >= 11 is 0. The normalized spacial score (nSPS) is 12.8. The molecule has 120 valence electrons. The molecular formula is C19H16N2O3. The molecule has 1 aliphatic heterocycles. The number of hydrogen-bond donors (Lipinski definition) is 1. The third-order valence-corrected chi connectivity index (χ3v) is 3.89. The first-order valence-electron chi connectivity index (χ1n) is 7.82. The molecule has 0 bridgehead atoms. The Bertz CT molecular complexity index is 903. The molecule has 5 nitrogen and oxygen atoms in total. The molecule has 0 radical (unpaired) electrons. The minimum Gasteiger partial charge on any atom is -0.486 e. The van der Waals surface area contributed by atoms with Crippen LogP contribution in [-0.4, -0.2) is 24.1 Å². The van der Waals surface area contributed by atoms with E-state index in [0.717, 1.165) is 27.9 Å². The Labute approximate surface area is 139 Å². The number of nitrogens with one attached hydrogen (secondary N) is 1. The van der Waals surface area contributed by atoms with Crippen LogP contribution in [0.4, 0.5) is 5.69 Å². The van der Waals surface area contributed by atoms with Gasteiger partial charge in [-0.25, -0.2) is 0 Å². The van der Waals surface area contributed by atoms with Crippen LogP contribution in [0.1, 0.15) is 5.56 Å². The lowest BCUT2D eigenvalue weighted by atomic mass is 10.1. The second-order valence-electron chi connectivity index (χ2n) is 5.58. The van der Waals surface area contributed by atoms with Gasteiger partial charge in [-0.15, -0.1) is 0 Å². The van der Waals surface area contributed by atoms with E-state index < -0.39 is 0 Å². The minimum absolute atomic E-state index is 0.0805. The van der Waals surface area contributed by atoms with Gasteiger partial charge in [-0.2, -0.15) is 0 Å². The van der Waals surface area contributed by atoms with Crippen LogP contribution in [0.2, 0.25) is 0 Å². The van der Waals surface area contributed by atoms with E-state index >= 15 is 0 Å². The molecule has 1 N–H and O–H groups in total. The Balaban J connectivity index is 1.52. The first kappa shape index (κ1) is 14.5. The monoisotopic (exact) mass is 320 g/mol. The number of rotatable bonds is 3. The van der Waals surface area contributed by atoms with Crippen molar-refractivity contribution in [2.75, 3.05) is 18.5 Å². The molecule has 0 saturated carbocycles. The van der Waals surface area contributed by atoms with Crippen molar-refractivity contribution in [3.05, 3.63) is 60.3 Å². The zero-order valence-corrected chi connectivity index (χ0v) is 13.0. The molecule has 0 aliphatic carbocycles. The molecule has 0 saturated heterocycles. The number of amides is 1. The van der Waals surface area contributed by atoms with E-state index in [0.29, 0.717) is 19.0 Å². The standard InChI is InChI=1S/C19H16N2O3/c22-19(12-13-6-7-17-18(11-13)24-10-9-23-17)21-16-5-1-4-15-14(16)3-2-8-20-15/h1-8,11H,9-10,12H2,(H,21,22). The highest BCUT2D eigenvalue weighted by Crippen LogP contribution is 2.31. The third-order valence-electron chi connectivity index (χ3n) is 3.89. The molecule has 0 atom stereocenters. The highest BCUT2D eigenvalue weighted by Gasteiger charge is 2.13. The molecule has 2 aromatic carbocycles. The summed E-state index contributed by atoms with van der Waals surface area (Å²) in [7, 11) is 0. The number of carbonyl (C=O) groups excluding carboxylic acids is 1. The smallest absolute Gasteiger partial charge is 0.228 e. The summed E-state index contributed by atoms with van der Waals surface area (Å²) in [4.78, 5) is 16.7. The number of ether oxygens (including phenoxy) is 2. The molecule has 0 fully saturated rings. The number of carbonyl (C=O) groups is 1. The number of hydrogen-bond acceptors (Lipinski definition) is 4. The van der Waals surface area contributed by atoms with E-state index in [-0.39, 0.29) is 12.3 Å². The molecular weight excluding hydrogens is 304 g/mol. The summed E-state index contributed by atoms with van der Waals surface area (Å²) in [6.07, 6.45) is 2.01. The Hall–Kier alpha value is -3.08. The average molecular weight is 320 g/mol. The van der Waals surface area contributed by atoms with Gasteiger partial charge < -0.3 is 14.8 Å². The SMILES string of the molecule is O=C(Cc1ccc2c(c1)OCCO2)Nc1cccc2ncccc12. The zero-order valence-electron chi connectivity index (χ0n) is 13.0. The highest BCUT2D eigenvalue weighted by atomic mass is 16.6. The number of benzene rings is 2. The van der Waals surface area contributed by atoms with Crippen LogP contribution in [0.5, 0.6) is 11.5 Å². The topological polar surface area (TPSA) is 60.5 Å². The van der Waals surface area contributed by atoms with Gasteiger partial charge in [0.25, 0.3) is 0 Å². The van der Waals surface area contributed by atoms with E-state index in [2.05, 4.69) is 10.3 Å². The van der Waals surface area contributed by atoms with Gasteiger partial charge in [-0.05, 0) is 42.0 Å². The van der Waals surface area contributed by atoms with Crippen molar-refractivity contribution in [3.8, 4) is 11.5 Å². The maximum Gasteiger partial charge on any atom is 0.228 e. The van der Waals surface area contributed by atoms with Crippen LogP contribution >= 0.6 is 0 Å². The molecule has 0 unspecified atom stereocenters. The predicted octanol–water partition coefficient (Wildman–Crippen LogP) is 3.19. The summed E-state index contributed by atoms with van der Waals surface area (Å²) in [5.74, 6) is 1.34. The van der Waals surface area contributed by atoms with Gasteiger partial charge in [0, 0.05) is 11.6 Å². The Kier molecular flexibility index (Phi) is 3.75. The van der Waals surface area contributed by atoms with Gasteiger partial charge in [0.1, 0.15) is 13.2 Å². The molecule has 1 aliphatic rings. The van der Waals surface area contributed by atoms with Crippen molar-refractivity contribution in [3.63, 3.8) is 0 Å². The molecule has 1 aromatic heterocycles. The lowest BCUT2D eigenvalue weighted by molar-refractivity contribution is -0.115. The largest absolute Gasteiger partial charge is 0.486 e. The second kappa shape index (κ2) is 6.20. The summed E-state index contributed by atoms with van der Waals surface area (Å²) in [5, 5.41) is 3.89. The summed E-state index contributed by atoms with van der Waals surface area (Å²) < 4.78 is 11.1. The fourth-order valence-electron chi connectivity index (χ4n) is 2.79. The number of pyridine rings is 1. The van der Waals surface area contributed by atoms with E-state index in [4.69, 9.17) is 9.47 Å². The molecule has 3 aromatic rings. The third kappa shape index (κ3) is 2.88.